The van der Waals surface area contributed by atoms with Gasteiger partial charge < -0.3 is 15.4 Å². The first kappa shape index (κ1) is 23.6. The van der Waals surface area contributed by atoms with Gasteiger partial charge in [-0.25, -0.2) is 0 Å². The van der Waals surface area contributed by atoms with E-state index in [1.165, 1.54) is 16.7 Å². The second-order valence-electron chi connectivity index (χ2n) is 7.53. The molecule has 1 aliphatic rings. The SMILES string of the molecule is CN=C(NCc1ccccc1)NCc1ccc(CN2CC(C)OC(C)C2)cc1.I. The van der Waals surface area contributed by atoms with E-state index in [0.717, 1.165) is 38.7 Å². The lowest BCUT2D eigenvalue weighted by atomic mass is 10.1. The van der Waals surface area contributed by atoms with E-state index in [1.807, 2.05) is 18.2 Å². The Morgan fingerprint density at radius 1 is 0.897 bits per heavy atom. The Morgan fingerprint density at radius 3 is 1.97 bits per heavy atom. The van der Waals surface area contributed by atoms with Crippen LogP contribution in [-0.4, -0.2) is 43.2 Å². The molecule has 0 amide bonds. The average Bonchev–Trinajstić information content (AvgIpc) is 2.69. The highest BCUT2D eigenvalue weighted by Gasteiger charge is 2.21. The van der Waals surface area contributed by atoms with E-state index in [4.69, 9.17) is 4.74 Å². The number of rotatable bonds is 6. The second kappa shape index (κ2) is 12.1. The third-order valence-electron chi connectivity index (χ3n) is 4.91. The molecule has 2 aromatic carbocycles. The van der Waals surface area contributed by atoms with Crippen LogP contribution in [0.4, 0.5) is 0 Å². The molecule has 1 heterocycles. The fourth-order valence-electron chi connectivity index (χ4n) is 3.62. The highest BCUT2D eigenvalue weighted by Crippen LogP contribution is 2.14. The van der Waals surface area contributed by atoms with Crippen LogP contribution in [0.1, 0.15) is 30.5 Å². The smallest absolute Gasteiger partial charge is 0.191 e. The van der Waals surface area contributed by atoms with Crippen molar-refractivity contribution in [3.05, 3.63) is 71.3 Å². The highest BCUT2D eigenvalue weighted by molar-refractivity contribution is 14.0. The van der Waals surface area contributed by atoms with Crippen molar-refractivity contribution >= 4 is 29.9 Å². The van der Waals surface area contributed by atoms with E-state index in [1.54, 1.807) is 7.05 Å². The molecule has 1 fully saturated rings. The lowest BCUT2D eigenvalue weighted by Gasteiger charge is -2.35. The molecule has 3 rings (SSSR count). The molecule has 0 aromatic heterocycles. The zero-order chi connectivity index (χ0) is 19.8. The van der Waals surface area contributed by atoms with Crippen LogP contribution in [0.2, 0.25) is 0 Å². The zero-order valence-electron chi connectivity index (χ0n) is 17.6. The van der Waals surface area contributed by atoms with Gasteiger partial charge in [0.2, 0.25) is 0 Å². The summed E-state index contributed by atoms with van der Waals surface area (Å²) in [4.78, 5) is 6.78. The van der Waals surface area contributed by atoms with Crippen molar-refractivity contribution in [1.82, 2.24) is 15.5 Å². The van der Waals surface area contributed by atoms with Crippen molar-refractivity contribution in [1.29, 1.82) is 0 Å². The molecule has 29 heavy (non-hydrogen) atoms. The molecule has 6 heteroatoms. The van der Waals surface area contributed by atoms with Gasteiger partial charge in [0, 0.05) is 39.8 Å². The number of morpholine rings is 1. The molecular formula is C23H33IN4O. The molecule has 2 aromatic rings. The van der Waals surface area contributed by atoms with Gasteiger partial charge in [-0.3, -0.25) is 9.89 Å². The van der Waals surface area contributed by atoms with Gasteiger partial charge in [0.15, 0.2) is 5.96 Å². The summed E-state index contributed by atoms with van der Waals surface area (Å²) in [7, 11) is 1.80. The Hall–Kier alpha value is -1.64. The Bertz CT molecular complexity index is 741. The Kier molecular flexibility index (Phi) is 9.90. The van der Waals surface area contributed by atoms with Gasteiger partial charge in [0.25, 0.3) is 0 Å². The molecule has 0 radical (unpaired) electrons. The summed E-state index contributed by atoms with van der Waals surface area (Å²) < 4.78 is 5.82. The number of ether oxygens (including phenoxy) is 1. The first-order valence-corrected chi connectivity index (χ1v) is 10.1. The average molecular weight is 508 g/mol. The first-order valence-electron chi connectivity index (χ1n) is 10.1. The standard InChI is InChI=1S/C23H32N4O.HI/c1-18-15-27(16-19(2)28-18)17-22-11-9-21(10-12-22)14-26-23(24-3)25-13-20-7-5-4-6-8-20;/h4-12,18-19H,13-17H2,1-3H3,(H2,24,25,26);1H. The molecule has 2 N–H and O–H groups in total. The number of hydrogen-bond donors (Lipinski definition) is 2. The van der Waals surface area contributed by atoms with Crippen molar-refractivity contribution in [3.63, 3.8) is 0 Å². The fraction of sp³-hybridized carbons (Fsp3) is 0.435. The minimum absolute atomic E-state index is 0. The van der Waals surface area contributed by atoms with Crippen LogP contribution >= 0.6 is 24.0 Å². The van der Waals surface area contributed by atoms with Crippen LogP contribution in [0.5, 0.6) is 0 Å². The lowest BCUT2D eigenvalue weighted by Crippen LogP contribution is -2.44. The number of guanidine groups is 1. The molecule has 1 saturated heterocycles. The van der Waals surface area contributed by atoms with Crippen LogP contribution in [0.15, 0.2) is 59.6 Å². The number of nitrogens with zero attached hydrogens (tertiary/aromatic N) is 2. The molecule has 0 saturated carbocycles. The van der Waals surface area contributed by atoms with Crippen molar-refractivity contribution < 1.29 is 4.74 Å². The second-order valence-corrected chi connectivity index (χ2v) is 7.53. The van der Waals surface area contributed by atoms with Gasteiger partial charge in [0.1, 0.15) is 0 Å². The van der Waals surface area contributed by atoms with Gasteiger partial charge >= 0.3 is 0 Å². The predicted octanol–water partition coefficient (Wildman–Crippen LogP) is 3.78. The van der Waals surface area contributed by atoms with Crippen LogP contribution in [0, 0.1) is 0 Å². The minimum atomic E-state index is 0. The zero-order valence-corrected chi connectivity index (χ0v) is 19.9. The summed E-state index contributed by atoms with van der Waals surface area (Å²) in [6.07, 6.45) is 0.615. The quantitative estimate of drug-likeness (QED) is 0.355. The van der Waals surface area contributed by atoms with Crippen molar-refractivity contribution in [3.8, 4) is 0 Å². The largest absolute Gasteiger partial charge is 0.373 e. The molecule has 1 aliphatic heterocycles. The molecule has 5 nitrogen and oxygen atoms in total. The molecular weight excluding hydrogens is 475 g/mol. The maximum Gasteiger partial charge on any atom is 0.191 e. The van der Waals surface area contributed by atoms with Crippen molar-refractivity contribution in [2.45, 2.75) is 45.7 Å². The molecule has 0 spiro atoms. The maximum atomic E-state index is 5.82. The molecule has 0 aliphatic carbocycles. The summed E-state index contributed by atoms with van der Waals surface area (Å²) in [6.45, 7) is 8.78. The Morgan fingerprint density at radius 2 is 1.41 bits per heavy atom. The number of nitrogens with one attached hydrogen (secondary N) is 2. The van der Waals surface area contributed by atoms with Gasteiger partial charge in [0.05, 0.1) is 12.2 Å². The summed E-state index contributed by atoms with van der Waals surface area (Å²) in [5.74, 6) is 0.809. The maximum absolute atomic E-state index is 5.82. The van der Waals surface area contributed by atoms with Crippen LogP contribution < -0.4 is 10.6 Å². The lowest BCUT2D eigenvalue weighted by molar-refractivity contribution is -0.0704. The monoisotopic (exact) mass is 508 g/mol. The number of hydrogen-bond acceptors (Lipinski definition) is 3. The van der Waals surface area contributed by atoms with E-state index in [9.17, 15) is 0 Å². The number of benzene rings is 2. The van der Waals surface area contributed by atoms with Gasteiger partial charge in [-0.2, -0.15) is 0 Å². The molecule has 0 bridgehead atoms. The van der Waals surface area contributed by atoms with Gasteiger partial charge in [-0.15, -0.1) is 24.0 Å². The summed E-state index contributed by atoms with van der Waals surface area (Å²) in [5, 5.41) is 6.73. The topological polar surface area (TPSA) is 48.9 Å². The van der Waals surface area contributed by atoms with E-state index in [0.29, 0.717) is 12.2 Å². The van der Waals surface area contributed by atoms with Crippen LogP contribution in [0.3, 0.4) is 0 Å². The van der Waals surface area contributed by atoms with Crippen LogP contribution in [-0.2, 0) is 24.4 Å². The fourth-order valence-corrected chi connectivity index (χ4v) is 3.62. The van der Waals surface area contributed by atoms with Crippen molar-refractivity contribution in [2.24, 2.45) is 4.99 Å². The van der Waals surface area contributed by atoms with Gasteiger partial charge in [-0.1, -0.05) is 54.6 Å². The first-order chi connectivity index (χ1) is 13.6. The van der Waals surface area contributed by atoms with E-state index in [-0.39, 0.29) is 24.0 Å². The van der Waals surface area contributed by atoms with Gasteiger partial charge in [-0.05, 0) is 30.5 Å². The van der Waals surface area contributed by atoms with Crippen molar-refractivity contribution in [2.75, 3.05) is 20.1 Å². The predicted molar refractivity (Wildman–Crippen MR) is 131 cm³/mol. The molecule has 2 unspecified atom stereocenters. The normalized spacial score (nSPS) is 20.0. The Labute approximate surface area is 192 Å². The molecule has 158 valence electrons. The minimum Gasteiger partial charge on any atom is -0.373 e. The summed E-state index contributed by atoms with van der Waals surface area (Å²) in [5.41, 5.74) is 3.83. The van der Waals surface area contributed by atoms with E-state index in [2.05, 4.69) is 70.8 Å². The number of aliphatic imine (C=N–C) groups is 1. The third-order valence-corrected chi connectivity index (χ3v) is 4.91. The third kappa shape index (κ3) is 7.95. The summed E-state index contributed by atoms with van der Waals surface area (Å²) >= 11 is 0. The highest BCUT2D eigenvalue weighted by atomic mass is 127. The van der Waals surface area contributed by atoms with Crippen LogP contribution in [0.25, 0.3) is 0 Å². The number of halogens is 1. The summed E-state index contributed by atoms with van der Waals surface area (Å²) in [6, 6.07) is 19.2. The Balaban J connectivity index is 0.00000300. The van der Waals surface area contributed by atoms with E-state index >= 15 is 0 Å². The molecule has 2 atom stereocenters. The van der Waals surface area contributed by atoms with E-state index < -0.39 is 0 Å².